The number of halogens is 1. The quantitative estimate of drug-likeness (QED) is 0.640. The van der Waals surface area contributed by atoms with Crippen LogP contribution in [-0.2, 0) is 21.4 Å². The Labute approximate surface area is 154 Å². The zero-order valence-electron chi connectivity index (χ0n) is 13.1. The van der Waals surface area contributed by atoms with Gasteiger partial charge in [0, 0.05) is 10.6 Å². The minimum Gasteiger partial charge on any atom is -0.466 e. The molecule has 0 bridgehead atoms. The van der Waals surface area contributed by atoms with Crippen LogP contribution in [0.1, 0.15) is 16.9 Å². The molecule has 3 rings (SSSR count). The molecule has 0 spiro atoms. The van der Waals surface area contributed by atoms with E-state index < -0.39 is 15.6 Å². The molecule has 25 heavy (non-hydrogen) atoms. The lowest BCUT2D eigenvalue weighted by molar-refractivity contribution is 0.0623. The van der Waals surface area contributed by atoms with Gasteiger partial charge in [-0.2, -0.15) is 11.3 Å². The third-order valence-electron chi connectivity index (χ3n) is 3.78. The van der Waals surface area contributed by atoms with Gasteiger partial charge in [0.1, 0.15) is 5.76 Å². The standard InChI is InChI=1S/C17H16ClNO4S2/c18-15-5-2-1-4-13(15)11-25(21,22)19-12-17(20,14-7-9-24-10-14)16-6-3-8-23-16/h1-10,19-20H,11-12H2/t17-/m0/s1. The first-order chi connectivity index (χ1) is 11.9. The van der Waals surface area contributed by atoms with E-state index in [9.17, 15) is 13.5 Å². The number of benzene rings is 1. The highest BCUT2D eigenvalue weighted by atomic mass is 35.5. The summed E-state index contributed by atoms with van der Waals surface area (Å²) in [6, 6.07) is 11.7. The van der Waals surface area contributed by atoms with Crippen LogP contribution < -0.4 is 4.72 Å². The topological polar surface area (TPSA) is 79.5 Å². The molecule has 5 nitrogen and oxygen atoms in total. The SMILES string of the molecule is O=S(=O)(Cc1ccccc1Cl)NC[C@](O)(c1ccsc1)c1ccco1. The number of rotatable bonds is 7. The van der Waals surface area contributed by atoms with Crippen LogP contribution in [0.5, 0.6) is 0 Å². The van der Waals surface area contributed by atoms with E-state index in [4.69, 9.17) is 16.0 Å². The predicted octanol–water partition coefficient (Wildman–Crippen LogP) is 3.35. The number of nitrogens with one attached hydrogen (secondary N) is 1. The molecule has 0 aliphatic rings. The van der Waals surface area contributed by atoms with Gasteiger partial charge in [0.15, 0.2) is 5.60 Å². The summed E-state index contributed by atoms with van der Waals surface area (Å²) < 4.78 is 32.6. The van der Waals surface area contributed by atoms with E-state index in [1.807, 2.05) is 5.38 Å². The molecule has 0 saturated carbocycles. The van der Waals surface area contributed by atoms with Crippen LogP contribution in [0.3, 0.4) is 0 Å². The number of furan rings is 1. The molecular weight excluding hydrogens is 382 g/mol. The number of aliphatic hydroxyl groups is 1. The van der Waals surface area contributed by atoms with Gasteiger partial charge in [0.2, 0.25) is 10.0 Å². The van der Waals surface area contributed by atoms with Crippen LogP contribution in [0.2, 0.25) is 5.02 Å². The second-order valence-corrected chi connectivity index (χ2v) is 8.52. The highest BCUT2D eigenvalue weighted by molar-refractivity contribution is 7.88. The fourth-order valence-electron chi connectivity index (χ4n) is 2.43. The minimum absolute atomic E-state index is 0.246. The van der Waals surface area contributed by atoms with Crippen molar-refractivity contribution in [3.8, 4) is 0 Å². The maximum Gasteiger partial charge on any atom is 0.215 e. The van der Waals surface area contributed by atoms with E-state index in [0.717, 1.165) is 0 Å². The molecule has 2 aromatic heterocycles. The van der Waals surface area contributed by atoms with Crippen molar-refractivity contribution in [3.63, 3.8) is 0 Å². The van der Waals surface area contributed by atoms with Gasteiger partial charge < -0.3 is 9.52 Å². The molecule has 1 aromatic carbocycles. The summed E-state index contributed by atoms with van der Waals surface area (Å²) in [4.78, 5) is 0. The van der Waals surface area contributed by atoms with Crippen molar-refractivity contribution in [1.29, 1.82) is 0 Å². The molecule has 0 radical (unpaired) electrons. The summed E-state index contributed by atoms with van der Waals surface area (Å²) in [7, 11) is -3.71. The monoisotopic (exact) mass is 397 g/mol. The average molecular weight is 398 g/mol. The third-order valence-corrected chi connectivity index (χ3v) is 6.11. The lowest BCUT2D eigenvalue weighted by Crippen LogP contribution is -2.41. The molecule has 0 aliphatic heterocycles. The summed E-state index contributed by atoms with van der Waals surface area (Å²) in [5.74, 6) is -0.00351. The fourth-order valence-corrected chi connectivity index (χ4v) is 4.63. The first-order valence-corrected chi connectivity index (χ1v) is 10.4. The van der Waals surface area contributed by atoms with Gasteiger partial charge in [-0.15, -0.1) is 0 Å². The highest BCUT2D eigenvalue weighted by Gasteiger charge is 2.36. The van der Waals surface area contributed by atoms with Crippen molar-refractivity contribution in [1.82, 2.24) is 4.72 Å². The number of hydrogen-bond donors (Lipinski definition) is 2. The Morgan fingerprint density at radius 1 is 1.20 bits per heavy atom. The minimum atomic E-state index is -3.71. The largest absolute Gasteiger partial charge is 0.466 e. The fraction of sp³-hybridized carbons (Fsp3) is 0.176. The smallest absolute Gasteiger partial charge is 0.215 e. The molecule has 2 heterocycles. The van der Waals surface area contributed by atoms with Gasteiger partial charge in [0.05, 0.1) is 18.6 Å². The Bertz CT molecular complexity index is 887. The normalized spacial score (nSPS) is 14.3. The maximum absolute atomic E-state index is 12.4. The van der Waals surface area contributed by atoms with Gasteiger partial charge in [-0.25, -0.2) is 13.1 Å². The van der Waals surface area contributed by atoms with Crippen LogP contribution in [0.25, 0.3) is 0 Å². The first kappa shape index (κ1) is 18.2. The van der Waals surface area contributed by atoms with Crippen LogP contribution >= 0.6 is 22.9 Å². The summed E-state index contributed by atoms with van der Waals surface area (Å²) >= 11 is 7.43. The van der Waals surface area contributed by atoms with Crippen LogP contribution in [0, 0.1) is 0 Å². The first-order valence-electron chi connectivity index (χ1n) is 7.40. The predicted molar refractivity (Wildman–Crippen MR) is 98.1 cm³/mol. The molecule has 3 aromatic rings. The van der Waals surface area contributed by atoms with Crippen LogP contribution in [0.15, 0.2) is 63.9 Å². The molecule has 0 saturated heterocycles. The molecule has 1 atom stereocenters. The molecule has 8 heteroatoms. The Morgan fingerprint density at radius 2 is 2.00 bits per heavy atom. The molecule has 0 aliphatic carbocycles. The number of sulfonamides is 1. The van der Waals surface area contributed by atoms with E-state index >= 15 is 0 Å². The van der Waals surface area contributed by atoms with E-state index in [0.29, 0.717) is 16.1 Å². The van der Waals surface area contributed by atoms with E-state index in [1.54, 1.807) is 47.8 Å². The summed E-state index contributed by atoms with van der Waals surface area (Å²) in [6.45, 7) is -0.246. The van der Waals surface area contributed by atoms with Crippen molar-refractivity contribution in [3.05, 3.63) is 81.4 Å². The zero-order chi connectivity index (χ0) is 17.9. The van der Waals surface area contributed by atoms with Crippen molar-refractivity contribution < 1.29 is 17.9 Å². The number of hydrogen-bond acceptors (Lipinski definition) is 5. The van der Waals surface area contributed by atoms with Gasteiger partial charge in [-0.05, 0) is 40.6 Å². The Hall–Kier alpha value is -1.64. The van der Waals surface area contributed by atoms with Crippen LogP contribution in [0.4, 0.5) is 0 Å². The van der Waals surface area contributed by atoms with Crippen molar-refractivity contribution in [2.45, 2.75) is 11.4 Å². The second kappa shape index (κ2) is 7.31. The van der Waals surface area contributed by atoms with Crippen molar-refractivity contribution >= 4 is 33.0 Å². The third kappa shape index (κ3) is 4.13. The van der Waals surface area contributed by atoms with E-state index in [1.165, 1.54) is 17.6 Å². The Morgan fingerprint density at radius 3 is 2.64 bits per heavy atom. The lowest BCUT2D eigenvalue weighted by Gasteiger charge is -2.25. The van der Waals surface area contributed by atoms with Crippen molar-refractivity contribution in [2.75, 3.05) is 6.54 Å². The highest BCUT2D eigenvalue weighted by Crippen LogP contribution is 2.31. The van der Waals surface area contributed by atoms with Crippen molar-refractivity contribution in [2.24, 2.45) is 0 Å². The Kier molecular flexibility index (Phi) is 5.31. The van der Waals surface area contributed by atoms with Gasteiger partial charge >= 0.3 is 0 Å². The summed E-state index contributed by atoms with van der Waals surface area (Å²) in [6.07, 6.45) is 1.44. The average Bonchev–Trinajstić information content (AvgIpc) is 3.28. The molecular formula is C17H16ClNO4S2. The molecule has 2 N–H and O–H groups in total. The zero-order valence-corrected chi connectivity index (χ0v) is 15.4. The molecule has 0 fully saturated rings. The summed E-state index contributed by atoms with van der Waals surface area (Å²) in [5, 5.41) is 15.0. The van der Waals surface area contributed by atoms with Gasteiger partial charge in [-0.3, -0.25) is 0 Å². The molecule has 0 unspecified atom stereocenters. The van der Waals surface area contributed by atoms with Crippen LogP contribution in [-0.4, -0.2) is 20.1 Å². The summed E-state index contributed by atoms with van der Waals surface area (Å²) in [5.41, 5.74) is -0.529. The van der Waals surface area contributed by atoms with Gasteiger partial charge in [0.25, 0.3) is 0 Å². The van der Waals surface area contributed by atoms with Gasteiger partial charge in [-0.1, -0.05) is 29.8 Å². The van der Waals surface area contributed by atoms with E-state index in [2.05, 4.69) is 4.72 Å². The van der Waals surface area contributed by atoms with E-state index in [-0.39, 0.29) is 18.1 Å². The molecule has 0 amide bonds. The Balaban J connectivity index is 1.81. The number of thiophene rings is 1. The second-order valence-electron chi connectivity index (χ2n) is 5.52. The molecule has 132 valence electrons. The maximum atomic E-state index is 12.4. The lowest BCUT2D eigenvalue weighted by atomic mass is 9.94.